The molecule has 1 atom stereocenters. The number of anilines is 4. The number of hydrogen-bond donors (Lipinski definition) is 0. The minimum atomic E-state index is -0.241. The summed E-state index contributed by atoms with van der Waals surface area (Å²) in [5.41, 5.74) is 16.8. The summed E-state index contributed by atoms with van der Waals surface area (Å²) in [6.45, 7) is 4.77. The van der Waals surface area contributed by atoms with Crippen LogP contribution in [0.15, 0.2) is 205 Å². The fraction of sp³-hybridized carbons (Fsp3) is 0.196. The van der Waals surface area contributed by atoms with E-state index in [0.29, 0.717) is 0 Å². The van der Waals surface area contributed by atoms with Gasteiger partial charge in [0, 0.05) is 62.5 Å². The molecule has 11 rings (SSSR count). The smallest absolute Gasteiger partial charge is 0.0964 e. The van der Waals surface area contributed by atoms with E-state index in [2.05, 4.69) is 209 Å². The van der Waals surface area contributed by atoms with Gasteiger partial charge in [0.2, 0.25) is 0 Å². The van der Waals surface area contributed by atoms with Crippen LogP contribution in [0.4, 0.5) is 22.7 Å². The maximum absolute atomic E-state index is 5.07. The molecule has 6 aromatic rings. The predicted molar refractivity (Wildman–Crippen MR) is 255 cm³/mol. The number of pyridine rings is 1. The summed E-state index contributed by atoms with van der Waals surface area (Å²) in [6, 6.07) is 38.3. The Labute approximate surface area is 359 Å². The normalized spacial score (nSPS) is 18.6. The van der Waals surface area contributed by atoms with Gasteiger partial charge in [-0.05, 0) is 147 Å². The number of rotatable bonds is 9. The van der Waals surface area contributed by atoms with Crippen LogP contribution in [0.25, 0.3) is 27.6 Å². The average Bonchev–Trinajstić information content (AvgIpc) is 3.65. The van der Waals surface area contributed by atoms with Crippen molar-refractivity contribution in [3.05, 3.63) is 216 Å². The van der Waals surface area contributed by atoms with Crippen molar-refractivity contribution in [3.8, 4) is 5.69 Å². The first kappa shape index (κ1) is 37.2. The largest absolute Gasteiger partial charge is 0.338 e. The Morgan fingerprint density at radius 3 is 2.08 bits per heavy atom. The summed E-state index contributed by atoms with van der Waals surface area (Å²) in [5, 5.41) is 1.18. The first-order valence-corrected chi connectivity index (χ1v) is 22.1. The van der Waals surface area contributed by atoms with Crippen molar-refractivity contribution in [1.29, 1.82) is 0 Å². The van der Waals surface area contributed by atoms with E-state index in [1.807, 2.05) is 6.20 Å². The summed E-state index contributed by atoms with van der Waals surface area (Å²) in [5.74, 6) is 0. The SMILES string of the molecule is CC1(C)c2ccccc2-n2c3cccnc3c3cc(N(C4=CCC(N(C5=CCCC=C5)C5=CC=CCC5)C=C4)c4ccc(N(C5=CC=CCC5)c5ccccc5)cc4)cc1c32. The molecule has 5 aliphatic rings. The second kappa shape index (κ2) is 15.3. The highest BCUT2D eigenvalue weighted by Gasteiger charge is 2.37. The van der Waals surface area contributed by atoms with Gasteiger partial charge in [-0.2, -0.15) is 0 Å². The van der Waals surface area contributed by atoms with E-state index in [0.717, 1.165) is 73.0 Å². The van der Waals surface area contributed by atoms with Crippen LogP contribution in [0.1, 0.15) is 69.9 Å². The van der Waals surface area contributed by atoms with Crippen molar-refractivity contribution in [3.63, 3.8) is 0 Å². The lowest BCUT2D eigenvalue weighted by atomic mass is 9.74. The zero-order valence-electron chi connectivity index (χ0n) is 35.1. The average molecular weight is 794 g/mol. The summed E-state index contributed by atoms with van der Waals surface area (Å²) < 4.78 is 2.45. The van der Waals surface area contributed by atoms with E-state index in [1.54, 1.807) is 0 Å². The van der Waals surface area contributed by atoms with Crippen LogP contribution in [-0.4, -0.2) is 20.5 Å². The van der Waals surface area contributed by atoms with E-state index >= 15 is 0 Å². The highest BCUT2D eigenvalue weighted by molar-refractivity contribution is 6.11. The molecular weight excluding hydrogens is 743 g/mol. The molecule has 300 valence electrons. The van der Waals surface area contributed by atoms with Gasteiger partial charge in [0.05, 0.1) is 28.3 Å². The van der Waals surface area contributed by atoms with E-state index < -0.39 is 0 Å². The van der Waals surface area contributed by atoms with Crippen molar-refractivity contribution in [1.82, 2.24) is 14.5 Å². The molecule has 0 radical (unpaired) electrons. The Morgan fingerprint density at radius 1 is 0.623 bits per heavy atom. The number of allylic oxidation sites excluding steroid dienone is 12. The molecule has 61 heavy (non-hydrogen) atoms. The molecule has 0 saturated heterocycles. The van der Waals surface area contributed by atoms with Crippen molar-refractivity contribution in [2.24, 2.45) is 0 Å². The molecule has 0 fully saturated rings. The molecule has 0 saturated carbocycles. The number of nitrogens with zero attached hydrogens (tertiary/aromatic N) is 5. The second-order valence-corrected chi connectivity index (χ2v) is 17.3. The zero-order chi connectivity index (χ0) is 40.9. The minimum Gasteiger partial charge on any atom is -0.338 e. The third-order valence-electron chi connectivity index (χ3n) is 13.2. The molecule has 4 aromatic carbocycles. The van der Waals surface area contributed by atoms with Gasteiger partial charge in [-0.25, -0.2) is 0 Å². The van der Waals surface area contributed by atoms with Crippen molar-refractivity contribution >= 4 is 44.7 Å². The number of hydrogen-bond acceptors (Lipinski definition) is 4. The first-order chi connectivity index (χ1) is 30.0. The highest BCUT2D eigenvalue weighted by Crippen LogP contribution is 2.50. The molecule has 5 nitrogen and oxygen atoms in total. The minimum absolute atomic E-state index is 0.221. The molecular formula is C56H51N5. The van der Waals surface area contributed by atoms with Gasteiger partial charge in [-0.15, -0.1) is 0 Å². The topological polar surface area (TPSA) is 27.5 Å². The summed E-state index contributed by atoms with van der Waals surface area (Å²) in [7, 11) is 0. The zero-order valence-corrected chi connectivity index (χ0v) is 35.1. The number of aromatic nitrogens is 2. The Hall–Kier alpha value is -6.85. The highest BCUT2D eigenvalue weighted by atomic mass is 15.2. The van der Waals surface area contributed by atoms with Crippen LogP contribution in [0, 0.1) is 0 Å². The molecule has 5 heteroatoms. The molecule has 0 N–H and O–H groups in total. The predicted octanol–water partition coefficient (Wildman–Crippen LogP) is 14.3. The van der Waals surface area contributed by atoms with Gasteiger partial charge in [0.1, 0.15) is 0 Å². The monoisotopic (exact) mass is 793 g/mol. The second-order valence-electron chi connectivity index (χ2n) is 17.3. The number of fused-ring (bicyclic) bond motifs is 5. The lowest BCUT2D eigenvalue weighted by Gasteiger charge is -2.38. The molecule has 1 aliphatic heterocycles. The molecule has 2 aromatic heterocycles. The molecule has 4 aliphatic carbocycles. The molecule has 1 unspecified atom stereocenters. The van der Waals surface area contributed by atoms with E-state index in [1.165, 1.54) is 56.2 Å². The van der Waals surface area contributed by atoms with Crippen LogP contribution in [0.5, 0.6) is 0 Å². The molecule has 0 bridgehead atoms. The van der Waals surface area contributed by atoms with Crippen LogP contribution >= 0.6 is 0 Å². The van der Waals surface area contributed by atoms with Gasteiger partial charge in [-0.3, -0.25) is 4.98 Å². The summed E-state index contributed by atoms with van der Waals surface area (Å²) >= 11 is 0. The fourth-order valence-electron chi connectivity index (χ4n) is 10.3. The molecule has 0 spiro atoms. The van der Waals surface area contributed by atoms with Gasteiger partial charge in [-0.1, -0.05) is 98.9 Å². The van der Waals surface area contributed by atoms with Crippen LogP contribution in [0.3, 0.4) is 0 Å². The number of benzene rings is 4. The standard InChI is InChI=1S/C56H51N5/c1-56(2)50-26-15-16-27-52(50)61-53-28-17-37-57-54(53)49-38-48(39-51(56)55(49)61)60(46-33-29-44(30-34-46)58(40-18-7-3-8-19-40)41-20-9-4-10-21-41)47-35-31-45(32-36-47)59(42-22-11-5-12-23-42)43-24-13-6-14-25-43/h3-5,7-9,11,13,15-20,22,24-31,33-39,45H,6,10,12,14,21,23,32H2,1-2H3. The lowest BCUT2D eigenvalue weighted by Crippen LogP contribution is -2.34. The van der Waals surface area contributed by atoms with Crippen molar-refractivity contribution in [2.45, 2.75) is 70.3 Å². The Balaban J connectivity index is 1.06. The summed E-state index contributed by atoms with van der Waals surface area (Å²) in [6.07, 6.45) is 37.1. The first-order valence-electron chi connectivity index (χ1n) is 22.1. The Kier molecular flexibility index (Phi) is 9.33. The van der Waals surface area contributed by atoms with Crippen LogP contribution < -0.4 is 9.80 Å². The van der Waals surface area contributed by atoms with Gasteiger partial charge >= 0.3 is 0 Å². The molecule has 3 heterocycles. The van der Waals surface area contributed by atoms with Crippen molar-refractivity contribution < 1.29 is 0 Å². The van der Waals surface area contributed by atoms with Gasteiger partial charge in [0.15, 0.2) is 0 Å². The molecule has 0 amide bonds. The van der Waals surface area contributed by atoms with E-state index in [9.17, 15) is 0 Å². The Bertz CT molecular complexity index is 2930. The maximum atomic E-state index is 5.07. The number of para-hydroxylation sites is 2. The van der Waals surface area contributed by atoms with E-state index in [4.69, 9.17) is 4.98 Å². The third-order valence-corrected chi connectivity index (χ3v) is 13.2. The maximum Gasteiger partial charge on any atom is 0.0964 e. The quantitative estimate of drug-likeness (QED) is 0.146. The van der Waals surface area contributed by atoms with E-state index in [-0.39, 0.29) is 11.5 Å². The van der Waals surface area contributed by atoms with Crippen molar-refractivity contribution in [2.75, 3.05) is 9.80 Å². The Morgan fingerprint density at radius 2 is 1.36 bits per heavy atom. The summed E-state index contributed by atoms with van der Waals surface area (Å²) in [4.78, 5) is 12.6. The van der Waals surface area contributed by atoms with Crippen LogP contribution in [-0.2, 0) is 5.41 Å². The third kappa shape index (κ3) is 6.42. The van der Waals surface area contributed by atoms with Gasteiger partial charge in [0.25, 0.3) is 0 Å². The fourth-order valence-corrected chi connectivity index (χ4v) is 10.3. The van der Waals surface area contributed by atoms with Gasteiger partial charge < -0.3 is 19.3 Å². The van der Waals surface area contributed by atoms with Crippen LogP contribution in [0.2, 0.25) is 0 Å². The lowest BCUT2D eigenvalue weighted by molar-refractivity contribution is 0.355.